The number of ether oxygens (including phenoxy) is 1. The zero-order valence-corrected chi connectivity index (χ0v) is 16.3. The maximum atomic E-state index is 12.4. The van der Waals surface area contributed by atoms with Gasteiger partial charge in [-0.15, -0.1) is 0 Å². The zero-order valence-electron chi connectivity index (χ0n) is 14.8. The third kappa shape index (κ3) is 5.20. The molecular weight excluding hydrogens is 376 g/mol. The lowest BCUT2D eigenvalue weighted by molar-refractivity contribution is -0.118. The number of benzene rings is 2. The summed E-state index contributed by atoms with van der Waals surface area (Å²) in [5, 5.41) is 3.17. The fourth-order valence-corrected chi connectivity index (χ4v) is 3.60. The molecule has 0 saturated heterocycles. The van der Waals surface area contributed by atoms with Crippen LogP contribution in [0.25, 0.3) is 0 Å². The van der Waals surface area contributed by atoms with E-state index in [1.54, 1.807) is 50.2 Å². The molecule has 2 rings (SSSR count). The van der Waals surface area contributed by atoms with Gasteiger partial charge in [0.25, 0.3) is 5.91 Å². The Morgan fingerprint density at radius 1 is 1.19 bits per heavy atom. The Hall–Kier alpha value is -2.09. The molecule has 0 bridgehead atoms. The molecule has 0 heterocycles. The van der Waals surface area contributed by atoms with Gasteiger partial charge in [-0.2, -0.15) is 4.31 Å². The Morgan fingerprint density at radius 2 is 1.85 bits per heavy atom. The molecule has 0 aliphatic rings. The van der Waals surface area contributed by atoms with Crippen LogP contribution < -0.4 is 10.1 Å². The lowest BCUT2D eigenvalue weighted by atomic mass is 10.3. The van der Waals surface area contributed by atoms with Crippen molar-refractivity contribution in [3.63, 3.8) is 0 Å². The van der Waals surface area contributed by atoms with Crippen LogP contribution in [-0.4, -0.2) is 38.3 Å². The van der Waals surface area contributed by atoms with Gasteiger partial charge in [-0.05, 0) is 56.3 Å². The summed E-state index contributed by atoms with van der Waals surface area (Å²) in [4.78, 5) is 12.1. The van der Waals surface area contributed by atoms with Crippen LogP contribution in [0, 0.1) is 0 Å². The van der Waals surface area contributed by atoms with E-state index in [9.17, 15) is 13.2 Å². The maximum Gasteiger partial charge on any atom is 0.262 e. The van der Waals surface area contributed by atoms with Gasteiger partial charge in [0.05, 0.1) is 4.90 Å². The van der Waals surface area contributed by atoms with Crippen molar-refractivity contribution < 1.29 is 17.9 Å². The van der Waals surface area contributed by atoms with Gasteiger partial charge in [-0.1, -0.05) is 17.7 Å². The third-order valence-electron chi connectivity index (χ3n) is 3.71. The molecule has 8 heteroatoms. The van der Waals surface area contributed by atoms with E-state index in [1.165, 1.54) is 23.5 Å². The summed E-state index contributed by atoms with van der Waals surface area (Å²) < 4.78 is 31.5. The van der Waals surface area contributed by atoms with Crippen molar-refractivity contribution in [2.24, 2.45) is 0 Å². The normalized spacial score (nSPS) is 11.6. The number of sulfonamides is 1. The summed E-state index contributed by atoms with van der Waals surface area (Å²) in [6.45, 7) is 3.41. The zero-order chi connectivity index (χ0) is 19.3. The standard InChI is InChI=1S/C18H21ClN2O4S/c1-13(2)21(3)26(23,24)17-9-7-15(8-10-17)20-18(22)12-25-16-6-4-5-14(19)11-16/h4-11,13H,12H2,1-3H3,(H,20,22). The van der Waals surface area contributed by atoms with Crippen molar-refractivity contribution >= 4 is 33.2 Å². The van der Waals surface area contributed by atoms with E-state index in [0.717, 1.165) is 0 Å². The number of carbonyl (C=O) groups is 1. The summed E-state index contributed by atoms with van der Waals surface area (Å²) in [6, 6.07) is 12.6. The van der Waals surface area contributed by atoms with Gasteiger partial charge < -0.3 is 10.1 Å². The molecule has 0 aromatic heterocycles. The molecule has 0 spiro atoms. The number of amides is 1. The van der Waals surface area contributed by atoms with Crippen LogP contribution in [-0.2, 0) is 14.8 Å². The molecular formula is C18H21ClN2O4S. The van der Waals surface area contributed by atoms with Crippen LogP contribution >= 0.6 is 11.6 Å². The van der Waals surface area contributed by atoms with Crippen molar-refractivity contribution in [2.75, 3.05) is 19.0 Å². The average molecular weight is 397 g/mol. The van der Waals surface area contributed by atoms with E-state index >= 15 is 0 Å². The number of nitrogens with one attached hydrogen (secondary N) is 1. The molecule has 0 atom stereocenters. The molecule has 2 aromatic carbocycles. The highest BCUT2D eigenvalue weighted by atomic mass is 35.5. The Labute approximate surface area is 158 Å². The monoisotopic (exact) mass is 396 g/mol. The van der Waals surface area contributed by atoms with E-state index in [-0.39, 0.29) is 23.5 Å². The molecule has 26 heavy (non-hydrogen) atoms. The topological polar surface area (TPSA) is 75.7 Å². The lowest BCUT2D eigenvalue weighted by Crippen LogP contribution is -2.33. The highest BCUT2D eigenvalue weighted by Gasteiger charge is 2.22. The number of nitrogens with zero attached hydrogens (tertiary/aromatic N) is 1. The van der Waals surface area contributed by atoms with E-state index in [4.69, 9.17) is 16.3 Å². The van der Waals surface area contributed by atoms with Gasteiger partial charge in [0.2, 0.25) is 10.0 Å². The quantitative estimate of drug-likeness (QED) is 0.778. The molecule has 1 amide bonds. The molecule has 140 valence electrons. The van der Waals surface area contributed by atoms with E-state index in [1.807, 2.05) is 0 Å². The summed E-state index contributed by atoms with van der Waals surface area (Å²) >= 11 is 5.85. The first kappa shape index (κ1) is 20.2. The molecule has 0 fully saturated rings. The molecule has 0 aliphatic heterocycles. The predicted molar refractivity (Wildman–Crippen MR) is 102 cm³/mol. The third-order valence-corrected chi connectivity index (χ3v) is 5.99. The lowest BCUT2D eigenvalue weighted by Gasteiger charge is -2.21. The fraction of sp³-hybridized carbons (Fsp3) is 0.278. The molecule has 1 N–H and O–H groups in total. The van der Waals surface area contributed by atoms with E-state index in [2.05, 4.69) is 5.32 Å². The summed E-state index contributed by atoms with van der Waals surface area (Å²) in [7, 11) is -2.02. The number of rotatable bonds is 7. The minimum atomic E-state index is -3.55. The molecule has 6 nitrogen and oxygen atoms in total. The first-order chi connectivity index (χ1) is 12.2. The minimum Gasteiger partial charge on any atom is -0.484 e. The second kappa shape index (κ2) is 8.53. The molecule has 2 aromatic rings. The van der Waals surface area contributed by atoms with Gasteiger partial charge >= 0.3 is 0 Å². The maximum absolute atomic E-state index is 12.4. The van der Waals surface area contributed by atoms with Crippen molar-refractivity contribution in [3.8, 4) is 5.75 Å². The first-order valence-electron chi connectivity index (χ1n) is 7.96. The van der Waals surface area contributed by atoms with Crippen LogP contribution in [0.3, 0.4) is 0 Å². The van der Waals surface area contributed by atoms with E-state index < -0.39 is 10.0 Å². The highest BCUT2D eigenvalue weighted by molar-refractivity contribution is 7.89. The SMILES string of the molecule is CC(C)N(C)S(=O)(=O)c1ccc(NC(=O)COc2cccc(Cl)c2)cc1. The molecule has 0 unspecified atom stereocenters. The Bertz CT molecular complexity index is 867. The van der Waals surface area contributed by atoms with E-state index in [0.29, 0.717) is 16.5 Å². The Kier molecular flexibility index (Phi) is 6.63. The van der Waals surface area contributed by atoms with Gasteiger partial charge in [0.1, 0.15) is 5.75 Å². The second-order valence-corrected chi connectivity index (χ2v) is 8.37. The number of hydrogen-bond acceptors (Lipinski definition) is 4. The van der Waals surface area contributed by atoms with Gasteiger partial charge in [0.15, 0.2) is 6.61 Å². The Morgan fingerprint density at radius 3 is 2.42 bits per heavy atom. The van der Waals surface area contributed by atoms with Crippen molar-refractivity contribution in [1.29, 1.82) is 0 Å². The number of hydrogen-bond donors (Lipinski definition) is 1. The van der Waals surface area contributed by atoms with Crippen LogP contribution in [0.4, 0.5) is 5.69 Å². The fourth-order valence-electron chi connectivity index (χ4n) is 2.06. The number of carbonyl (C=O) groups excluding carboxylic acids is 1. The summed E-state index contributed by atoms with van der Waals surface area (Å²) in [6.07, 6.45) is 0. The Balaban J connectivity index is 1.97. The number of anilines is 1. The van der Waals surface area contributed by atoms with Crippen molar-refractivity contribution in [2.45, 2.75) is 24.8 Å². The average Bonchev–Trinajstić information content (AvgIpc) is 2.59. The van der Waals surface area contributed by atoms with Gasteiger partial charge in [0, 0.05) is 23.8 Å². The number of halogens is 1. The van der Waals surface area contributed by atoms with Crippen molar-refractivity contribution in [3.05, 3.63) is 53.6 Å². The van der Waals surface area contributed by atoms with Crippen LogP contribution in [0.2, 0.25) is 5.02 Å². The minimum absolute atomic E-state index is 0.150. The van der Waals surface area contributed by atoms with Crippen LogP contribution in [0.1, 0.15) is 13.8 Å². The first-order valence-corrected chi connectivity index (χ1v) is 9.78. The van der Waals surface area contributed by atoms with Crippen molar-refractivity contribution in [1.82, 2.24) is 4.31 Å². The van der Waals surface area contributed by atoms with Gasteiger partial charge in [-0.3, -0.25) is 4.79 Å². The summed E-state index contributed by atoms with van der Waals surface area (Å²) in [5.74, 6) is 0.130. The molecule has 0 radical (unpaired) electrons. The highest BCUT2D eigenvalue weighted by Crippen LogP contribution is 2.19. The smallest absolute Gasteiger partial charge is 0.262 e. The largest absolute Gasteiger partial charge is 0.484 e. The second-order valence-electron chi connectivity index (χ2n) is 5.93. The predicted octanol–water partition coefficient (Wildman–Crippen LogP) is 3.39. The van der Waals surface area contributed by atoms with Gasteiger partial charge in [-0.25, -0.2) is 8.42 Å². The molecule has 0 saturated carbocycles. The molecule has 0 aliphatic carbocycles. The van der Waals surface area contributed by atoms with Crippen LogP contribution in [0.15, 0.2) is 53.4 Å². The van der Waals surface area contributed by atoms with Crippen LogP contribution in [0.5, 0.6) is 5.75 Å². The summed E-state index contributed by atoms with van der Waals surface area (Å²) in [5.41, 5.74) is 0.482.